The van der Waals surface area contributed by atoms with Crippen LogP contribution in [0.15, 0.2) is 0 Å². The highest BCUT2D eigenvalue weighted by Crippen LogP contribution is 2.19. The monoisotopic (exact) mass is 202 g/mol. The lowest BCUT2D eigenvalue weighted by Crippen LogP contribution is -2.28. The third-order valence-electron chi connectivity index (χ3n) is 2.32. The Balaban J connectivity index is 3.66. The minimum atomic E-state index is -0.902. The third kappa shape index (κ3) is 6.89. The number of carbonyl (C=O) groups is 1. The summed E-state index contributed by atoms with van der Waals surface area (Å²) in [5.41, 5.74) is -0.902. The molecule has 3 nitrogen and oxygen atoms in total. The van der Waals surface area contributed by atoms with Gasteiger partial charge in [0, 0.05) is 0 Å². The molecule has 0 fully saturated rings. The lowest BCUT2D eigenvalue weighted by molar-refractivity contribution is -0.145. The van der Waals surface area contributed by atoms with Gasteiger partial charge in [-0.05, 0) is 13.3 Å². The molecule has 1 atom stereocenters. The predicted molar refractivity (Wildman–Crippen MR) is 56.0 cm³/mol. The molecular weight excluding hydrogens is 180 g/mol. The Bertz CT molecular complexity index is 164. The Labute approximate surface area is 86.5 Å². The predicted octanol–water partition coefficient (Wildman–Crippen LogP) is 2.27. The van der Waals surface area contributed by atoms with E-state index in [1.807, 2.05) is 0 Å². The maximum Gasteiger partial charge on any atom is 0.308 e. The van der Waals surface area contributed by atoms with Crippen LogP contribution in [0.4, 0.5) is 0 Å². The minimum absolute atomic E-state index is 0.0929. The smallest absolute Gasteiger partial charge is 0.308 e. The third-order valence-corrected chi connectivity index (χ3v) is 2.32. The molecule has 0 aliphatic carbocycles. The molecule has 0 radical (unpaired) electrons. The number of esters is 1. The molecule has 0 saturated heterocycles. The zero-order valence-corrected chi connectivity index (χ0v) is 9.51. The minimum Gasteiger partial charge on any atom is -0.469 e. The summed E-state index contributed by atoms with van der Waals surface area (Å²) in [5, 5.41) is 9.81. The van der Waals surface area contributed by atoms with Crippen LogP contribution < -0.4 is 0 Å². The van der Waals surface area contributed by atoms with E-state index >= 15 is 0 Å². The normalized spacial score (nSPS) is 14.9. The molecule has 14 heavy (non-hydrogen) atoms. The average molecular weight is 202 g/mol. The maximum absolute atomic E-state index is 10.9. The van der Waals surface area contributed by atoms with Crippen molar-refractivity contribution in [2.75, 3.05) is 7.11 Å². The van der Waals surface area contributed by atoms with Crippen molar-refractivity contribution < 1.29 is 14.6 Å². The zero-order valence-electron chi connectivity index (χ0n) is 9.51. The summed E-state index contributed by atoms with van der Waals surface area (Å²) in [6, 6.07) is 0. The summed E-state index contributed by atoms with van der Waals surface area (Å²) >= 11 is 0. The Morgan fingerprint density at radius 3 is 2.50 bits per heavy atom. The Morgan fingerprint density at radius 1 is 1.36 bits per heavy atom. The number of hydrogen-bond donors (Lipinski definition) is 1. The van der Waals surface area contributed by atoms with Gasteiger partial charge in [-0.15, -0.1) is 0 Å². The number of hydrogen-bond acceptors (Lipinski definition) is 3. The van der Waals surface area contributed by atoms with Crippen LogP contribution in [0.3, 0.4) is 0 Å². The SMILES string of the molecule is CCCCCCC(C)(O)CC(=O)OC. The van der Waals surface area contributed by atoms with Gasteiger partial charge in [0.1, 0.15) is 0 Å². The topological polar surface area (TPSA) is 46.5 Å². The molecule has 0 aromatic rings. The number of methoxy groups -OCH3 is 1. The van der Waals surface area contributed by atoms with E-state index < -0.39 is 5.60 Å². The second kappa shape index (κ2) is 6.82. The quantitative estimate of drug-likeness (QED) is 0.509. The first-order valence-corrected chi connectivity index (χ1v) is 5.31. The molecule has 1 N–H and O–H groups in total. The molecule has 0 heterocycles. The van der Waals surface area contributed by atoms with E-state index in [4.69, 9.17) is 0 Å². The highest BCUT2D eigenvalue weighted by Gasteiger charge is 2.23. The Kier molecular flexibility index (Phi) is 6.54. The molecule has 0 rings (SSSR count). The Hall–Kier alpha value is -0.570. The molecule has 3 heteroatoms. The first-order valence-electron chi connectivity index (χ1n) is 5.31. The fourth-order valence-electron chi connectivity index (χ4n) is 1.40. The van der Waals surface area contributed by atoms with Gasteiger partial charge >= 0.3 is 5.97 Å². The molecule has 0 aromatic heterocycles. The fourth-order valence-corrected chi connectivity index (χ4v) is 1.40. The summed E-state index contributed by atoms with van der Waals surface area (Å²) in [6.45, 7) is 3.84. The van der Waals surface area contributed by atoms with E-state index in [0.717, 1.165) is 12.8 Å². The maximum atomic E-state index is 10.9. The van der Waals surface area contributed by atoms with Gasteiger partial charge in [0.2, 0.25) is 0 Å². The van der Waals surface area contributed by atoms with Crippen molar-refractivity contribution in [1.82, 2.24) is 0 Å². The van der Waals surface area contributed by atoms with Crippen LogP contribution >= 0.6 is 0 Å². The summed E-state index contributed by atoms with van der Waals surface area (Å²) in [4.78, 5) is 10.9. The van der Waals surface area contributed by atoms with Crippen LogP contribution in [0, 0.1) is 0 Å². The van der Waals surface area contributed by atoms with E-state index in [0.29, 0.717) is 6.42 Å². The van der Waals surface area contributed by atoms with Gasteiger partial charge in [0.15, 0.2) is 0 Å². The zero-order chi connectivity index (χ0) is 11.0. The lowest BCUT2D eigenvalue weighted by Gasteiger charge is -2.21. The number of unbranched alkanes of at least 4 members (excludes halogenated alkanes) is 3. The average Bonchev–Trinajstić information content (AvgIpc) is 2.12. The van der Waals surface area contributed by atoms with Gasteiger partial charge in [0.25, 0.3) is 0 Å². The van der Waals surface area contributed by atoms with Crippen molar-refractivity contribution in [3.63, 3.8) is 0 Å². The van der Waals surface area contributed by atoms with Crippen molar-refractivity contribution in [3.05, 3.63) is 0 Å². The van der Waals surface area contributed by atoms with Gasteiger partial charge < -0.3 is 9.84 Å². The Morgan fingerprint density at radius 2 is 2.00 bits per heavy atom. The van der Waals surface area contributed by atoms with E-state index in [1.165, 1.54) is 20.0 Å². The molecule has 0 aliphatic heterocycles. The molecule has 0 aliphatic rings. The van der Waals surface area contributed by atoms with Crippen LogP contribution in [0.25, 0.3) is 0 Å². The van der Waals surface area contributed by atoms with Crippen molar-refractivity contribution in [2.24, 2.45) is 0 Å². The van der Waals surface area contributed by atoms with E-state index in [-0.39, 0.29) is 12.4 Å². The highest BCUT2D eigenvalue weighted by molar-refractivity contribution is 5.70. The molecule has 0 spiro atoms. The number of aliphatic hydroxyl groups is 1. The molecule has 0 aromatic carbocycles. The molecule has 0 amide bonds. The van der Waals surface area contributed by atoms with Gasteiger partial charge in [-0.25, -0.2) is 0 Å². The van der Waals surface area contributed by atoms with Crippen molar-refractivity contribution in [1.29, 1.82) is 0 Å². The van der Waals surface area contributed by atoms with Gasteiger partial charge in [-0.1, -0.05) is 32.6 Å². The summed E-state index contributed by atoms with van der Waals surface area (Å²) in [5.74, 6) is -0.342. The second-order valence-corrected chi connectivity index (χ2v) is 4.06. The van der Waals surface area contributed by atoms with Gasteiger partial charge in [-0.3, -0.25) is 4.79 Å². The molecule has 84 valence electrons. The van der Waals surface area contributed by atoms with Crippen LogP contribution in [-0.4, -0.2) is 23.8 Å². The summed E-state index contributed by atoms with van der Waals surface area (Å²) in [7, 11) is 1.34. The van der Waals surface area contributed by atoms with Crippen LogP contribution in [0.2, 0.25) is 0 Å². The van der Waals surface area contributed by atoms with Crippen LogP contribution in [0.5, 0.6) is 0 Å². The number of rotatable bonds is 7. The number of carbonyl (C=O) groups excluding carboxylic acids is 1. The van der Waals surface area contributed by atoms with Crippen molar-refractivity contribution in [2.45, 2.75) is 58.0 Å². The second-order valence-electron chi connectivity index (χ2n) is 4.06. The van der Waals surface area contributed by atoms with Crippen molar-refractivity contribution >= 4 is 5.97 Å². The molecule has 0 saturated carbocycles. The highest BCUT2D eigenvalue weighted by atomic mass is 16.5. The van der Waals surface area contributed by atoms with Crippen LogP contribution in [-0.2, 0) is 9.53 Å². The van der Waals surface area contributed by atoms with E-state index in [1.54, 1.807) is 6.92 Å². The summed E-state index contributed by atoms with van der Waals surface area (Å²) < 4.78 is 4.51. The molecule has 1 unspecified atom stereocenters. The molecular formula is C11H22O3. The van der Waals surface area contributed by atoms with Gasteiger partial charge in [0.05, 0.1) is 19.1 Å². The fraction of sp³-hybridized carbons (Fsp3) is 0.909. The summed E-state index contributed by atoms with van der Waals surface area (Å²) in [6.07, 6.45) is 5.22. The lowest BCUT2D eigenvalue weighted by atomic mass is 9.94. The van der Waals surface area contributed by atoms with E-state index in [2.05, 4.69) is 11.7 Å². The van der Waals surface area contributed by atoms with Gasteiger partial charge in [-0.2, -0.15) is 0 Å². The largest absolute Gasteiger partial charge is 0.469 e. The molecule has 0 bridgehead atoms. The standard InChI is InChI=1S/C11H22O3/c1-4-5-6-7-8-11(2,13)9-10(12)14-3/h13H,4-9H2,1-3H3. The van der Waals surface area contributed by atoms with Crippen LogP contribution in [0.1, 0.15) is 52.4 Å². The number of ether oxygens (including phenoxy) is 1. The first kappa shape index (κ1) is 13.4. The van der Waals surface area contributed by atoms with E-state index in [9.17, 15) is 9.90 Å². The first-order chi connectivity index (χ1) is 6.52. The van der Waals surface area contributed by atoms with Crippen molar-refractivity contribution in [3.8, 4) is 0 Å².